The zero-order chi connectivity index (χ0) is 24.1. The van der Waals surface area contributed by atoms with Gasteiger partial charge in [-0.2, -0.15) is 0 Å². The van der Waals surface area contributed by atoms with Crippen molar-refractivity contribution in [3.63, 3.8) is 0 Å². The van der Waals surface area contributed by atoms with Gasteiger partial charge in [-0.05, 0) is 60.5 Å². The van der Waals surface area contributed by atoms with Gasteiger partial charge in [-0.15, -0.1) is 0 Å². The quantitative estimate of drug-likeness (QED) is 0.274. The molecular weight excluding hydrogens is 440 g/mol. The lowest BCUT2D eigenvalue weighted by Crippen LogP contribution is -2.14. The molecule has 0 bridgehead atoms. The van der Waals surface area contributed by atoms with Crippen molar-refractivity contribution in [2.75, 3.05) is 21.3 Å². The molecule has 0 N–H and O–H groups in total. The van der Waals surface area contributed by atoms with Gasteiger partial charge in [0.2, 0.25) is 0 Å². The molecule has 2 atom stereocenters. The Hall–Kier alpha value is -4.12. The Morgan fingerprint density at radius 3 is 2.11 bits per heavy atom. The van der Waals surface area contributed by atoms with Crippen molar-refractivity contribution in [1.82, 2.24) is 0 Å². The maximum Gasteiger partial charge on any atom is 0.142 e. The lowest BCUT2D eigenvalue weighted by Gasteiger charge is -2.24. The summed E-state index contributed by atoms with van der Waals surface area (Å²) >= 11 is 0. The topological polar surface area (TPSA) is 50.1 Å². The van der Waals surface area contributed by atoms with Crippen molar-refractivity contribution in [1.29, 1.82) is 0 Å². The number of benzene rings is 4. The third-order valence-electron chi connectivity index (χ3n) is 6.83. The van der Waals surface area contributed by atoms with Crippen molar-refractivity contribution in [3.8, 4) is 23.0 Å². The normalized spacial score (nSPS) is 16.8. The average molecular weight is 467 g/mol. The van der Waals surface area contributed by atoms with Crippen LogP contribution in [0.3, 0.4) is 0 Å². The standard InChI is InChI=1S/C30H26O5/c1-17-12-26(32-3)29(27(13-17)33-4)30-28(18-8-6-5-7-9-18)22-16-24-21(15-25(22)35-30)20-14-19(31-2)10-11-23(20)34-24/h5-16,28,30H,1-4H3/t28-,30-/m1/s1. The molecular formula is C30H26O5. The molecule has 2 heterocycles. The van der Waals surface area contributed by atoms with Gasteiger partial charge >= 0.3 is 0 Å². The molecule has 0 radical (unpaired) electrons. The molecule has 1 aliphatic rings. The summed E-state index contributed by atoms with van der Waals surface area (Å²) in [5, 5.41) is 1.99. The number of fused-ring (bicyclic) bond motifs is 4. The maximum atomic E-state index is 6.73. The lowest BCUT2D eigenvalue weighted by molar-refractivity contribution is 0.210. The Morgan fingerprint density at radius 1 is 0.714 bits per heavy atom. The number of furan rings is 1. The molecule has 35 heavy (non-hydrogen) atoms. The molecule has 0 saturated carbocycles. The van der Waals surface area contributed by atoms with E-state index in [4.69, 9.17) is 23.4 Å². The van der Waals surface area contributed by atoms with Gasteiger partial charge in [-0.25, -0.2) is 0 Å². The van der Waals surface area contributed by atoms with E-state index in [0.29, 0.717) is 0 Å². The summed E-state index contributed by atoms with van der Waals surface area (Å²) in [7, 11) is 5.04. The Bertz CT molecular complexity index is 1530. The number of rotatable bonds is 5. The first kappa shape index (κ1) is 21.4. The predicted octanol–water partition coefficient (Wildman–Crippen LogP) is 7.19. The van der Waals surface area contributed by atoms with Gasteiger partial charge in [0.25, 0.3) is 0 Å². The van der Waals surface area contributed by atoms with Gasteiger partial charge in [0.15, 0.2) is 0 Å². The highest BCUT2D eigenvalue weighted by molar-refractivity contribution is 6.06. The molecule has 0 saturated heterocycles. The van der Waals surface area contributed by atoms with Crippen LogP contribution in [0.15, 0.2) is 77.2 Å². The van der Waals surface area contributed by atoms with Crippen LogP contribution in [-0.2, 0) is 0 Å². The fraction of sp³-hybridized carbons (Fsp3) is 0.200. The van der Waals surface area contributed by atoms with E-state index in [9.17, 15) is 0 Å². The van der Waals surface area contributed by atoms with Gasteiger partial charge < -0.3 is 23.4 Å². The molecule has 0 aliphatic carbocycles. The third kappa shape index (κ3) is 3.38. The lowest BCUT2D eigenvalue weighted by atomic mass is 9.84. The Balaban J connectivity index is 1.59. The molecule has 0 unspecified atom stereocenters. The average Bonchev–Trinajstić information content (AvgIpc) is 3.43. The molecule has 176 valence electrons. The molecule has 1 aliphatic heterocycles. The predicted molar refractivity (Wildman–Crippen MR) is 136 cm³/mol. The van der Waals surface area contributed by atoms with Gasteiger partial charge in [-0.3, -0.25) is 0 Å². The summed E-state index contributed by atoms with van der Waals surface area (Å²) in [6.45, 7) is 2.03. The number of aryl methyl sites for hydroxylation is 1. The molecule has 0 spiro atoms. The second kappa shape index (κ2) is 8.27. The van der Waals surface area contributed by atoms with Crippen LogP contribution in [0.4, 0.5) is 0 Å². The summed E-state index contributed by atoms with van der Waals surface area (Å²) in [5.41, 5.74) is 5.82. The summed E-state index contributed by atoms with van der Waals surface area (Å²) in [6.07, 6.45) is -0.329. The minimum absolute atomic E-state index is 0.0659. The minimum atomic E-state index is -0.329. The summed E-state index contributed by atoms with van der Waals surface area (Å²) in [6, 6.07) is 24.5. The maximum absolute atomic E-state index is 6.73. The van der Waals surface area contributed by atoms with Crippen molar-refractivity contribution in [3.05, 3.63) is 95.1 Å². The zero-order valence-corrected chi connectivity index (χ0v) is 20.1. The highest BCUT2D eigenvalue weighted by Gasteiger charge is 2.40. The first-order valence-electron chi connectivity index (χ1n) is 11.6. The van der Waals surface area contributed by atoms with Crippen LogP contribution >= 0.6 is 0 Å². The van der Waals surface area contributed by atoms with E-state index in [2.05, 4.69) is 36.4 Å². The van der Waals surface area contributed by atoms with Crippen LogP contribution in [0, 0.1) is 6.92 Å². The largest absolute Gasteiger partial charge is 0.497 e. The molecule has 1 aromatic heterocycles. The highest BCUT2D eigenvalue weighted by Crippen LogP contribution is 2.55. The fourth-order valence-electron chi connectivity index (χ4n) is 5.23. The summed E-state index contributed by atoms with van der Waals surface area (Å²) < 4.78 is 30.1. The highest BCUT2D eigenvalue weighted by atomic mass is 16.5. The van der Waals surface area contributed by atoms with Crippen molar-refractivity contribution < 1.29 is 23.4 Å². The van der Waals surface area contributed by atoms with Crippen LogP contribution in [0.25, 0.3) is 21.9 Å². The van der Waals surface area contributed by atoms with Gasteiger partial charge in [0.1, 0.15) is 40.3 Å². The molecule has 6 rings (SSSR count). The Kier molecular flexibility index (Phi) is 5.06. The van der Waals surface area contributed by atoms with E-state index < -0.39 is 0 Å². The molecule has 5 aromatic rings. The first-order valence-corrected chi connectivity index (χ1v) is 11.6. The van der Waals surface area contributed by atoms with E-state index in [1.54, 1.807) is 21.3 Å². The number of hydrogen-bond donors (Lipinski definition) is 0. The smallest absolute Gasteiger partial charge is 0.142 e. The number of methoxy groups -OCH3 is 3. The van der Waals surface area contributed by atoms with Crippen LogP contribution < -0.4 is 18.9 Å². The van der Waals surface area contributed by atoms with E-state index in [1.807, 2.05) is 43.3 Å². The summed E-state index contributed by atoms with van der Waals surface area (Å²) in [4.78, 5) is 0. The van der Waals surface area contributed by atoms with Crippen molar-refractivity contribution in [2.45, 2.75) is 18.9 Å². The van der Waals surface area contributed by atoms with E-state index in [0.717, 1.165) is 67.2 Å². The molecule has 5 nitrogen and oxygen atoms in total. The monoisotopic (exact) mass is 466 g/mol. The van der Waals surface area contributed by atoms with Crippen LogP contribution in [-0.4, -0.2) is 21.3 Å². The Morgan fingerprint density at radius 2 is 1.43 bits per heavy atom. The van der Waals surface area contributed by atoms with Crippen LogP contribution in [0.1, 0.15) is 34.3 Å². The second-order valence-corrected chi connectivity index (χ2v) is 8.86. The van der Waals surface area contributed by atoms with E-state index in [1.165, 1.54) is 0 Å². The molecule has 4 aromatic carbocycles. The van der Waals surface area contributed by atoms with Gasteiger partial charge in [-0.1, -0.05) is 30.3 Å². The van der Waals surface area contributed by atoms with Crippen molar-refractivity contribution >= 4 is 21.9 Å². The van der Waals surface area contributed by atoms with E-state index >= 15 is 0 Å². The zero-order valence-electron chi connectivity index (χ0n) is 20.1. The van der Waals surface area contributed by atoms with Gasteiger partial charge in [0.05, 0.1) is 32.8 Å². The molecule has 5 heteroatoms. The summed E-state index contributed by atoms with van der Waals surface area (Å²) in [5.74, 6) is 3.05. The fourth-order valence-corrected chi connectivity index (χ4v) is 5.23. The SMILES string of the molecule is COc1ccc2oc3cc4c(cc3c2c1)O[C@@H](c1c(OC)cc(C)cc1OC)[C@@H]4c1ccccc1. The van der Waals surface area contributed by atoms with Gasteiger partial charge in [0, 0.05) is 16.3 Å². The van der Waals surface area contributed by atoms with Crippen LogP contribution in [0.2, 0.25) is 0 Å². The van der Waals surface area contributed by atoms with Crippen molar-refractivity contribution in [2.24, 2.45) is 0 Å². The first-order chi connectivity index (χ1) is 17.1. The van der Waals surface area contributed by atoms with E-state index in [-0.39, 0.29) is 12.0 Å². The third-order valence-corrected chi connectivity index (χ3v) is 6.83. The number of hydrogen-bond acceptors (Lipinski definition) is 5. The van der Waals surface area contributed by atoms with Crippen LogP contribution in [0.5, 0.6) is 23.0 Å². The molecule has 0 fully saturated rings. The number of ether oxygens (including phenoxy) is 4. The minimum Gasteiger partial charge on any atom is -0.497 e. The molecule has 0 amide bonds. The second-order valence-electron chi connectivity index (χ2n) is 8.86. The Labute approximate surface area is 203 Å².